The summed E-state index contributed by atoms with van der Waals surface area (Å²) in [7, 11) is -7.50. The van der Waals surface area contributed by atoms with Crippen LogP contribution < -0.4 is 5.32 Å². The molecule has 1 amide bonds. The predicted octanol–water partition coefficient (Wildman–Crippen LogP) is 1.14. The number of aliphatic hydroxyl groups excluding tert-OH is 1. The molecule has 0 aliphatic carbocycles. The Hall–Kier alpha value is -2.56. The van der Waals surface area contributed by atoms with Crippen molar-refractivity contribution in [2.24, 2.45) is 0 Å². The van der Waals surface area contributed by atoms with Crippen LogP contribution in [0.5, 0.6) is 0 Å². The number of hydrogen-bond donors (Lipinski definition) is 2. The first kappa shape index (κ1) is 30.5. The first-order valence-electron chi connectivity index (χ1n) is 14.0. The molecule has 6 rings (SSSR count). The minimum absolute atomic E-state index is 0.000841. The SMILES string of the molecule is COCC12CN(S(=O)(=O)c3cc4cc(Cl)ccc4n3S(=O)(=O)c3ccccc3)CC(=O)N1CC1(CCNCC1)N2CCO. The standard InChI is InChI=1S/C28H34ClN5O7S2/c1-41-20-28-19-31(17-25(36)32(28)18-27(33(28)13-14-35)9-11-30-12-10-27)43(39,40)26-16-21-15-22(29)7-8-24(21)34(26)42(37,38)23-5-3-2-4-6-23/h2-8,15-16,30,35H,9-14,17-20H2,1H3. The lowest BCUT2D eigenvalue weighted by Crippen LogP contribution is -2.71. The average Bonchev–Trinajstić information content (AvgIpc) is 3.50. The van der Waals surface area contributed by atoms with E-state index in [2.05, 4.69) is 5.32 Å². The van der Waals surface area contributed by atoms with Gasteiger partial charge in [-0.3, -0.25) is 9.69 Å². The van der Waals surface area contributed by atoms with Gasteiger partial charge in [0.15, 0.2) is 5.03 Å². The molecule has 3 aliphatic heterocycles. The van der Waals surface area contributed by atoms with Gasteiger partial charge in [-0.05, 0) is 62.3 Å². The molecule has 232 valence electrons. The van der Waals surface area contributed by atoms with Crippen LogP contribution in [0.3, 0.4) is 0 Å². The third kappa shape index (κ3) is 4.79. The number of sulfonamides is 1. The summed E-state index contributed by atoms with van der Waals surface area (Å²) < 4.78 is 64.7. The van der Waals surface area contributed by atoms with Crippen molar-refractivity contribution in [2.75, 3.05) is 59.6 Å². The fraction of sp³-hybridized carbons (Fsp3) is 0.464. The highest BCUT2D eigenvalue weighted by atomic mass is 35.5. The van der Waals surface area contributed by atoms with E-state index >= 15 is 0 Å². The predicted molar refractivity (Wildman–Crippen MR) is 160 cm³/mol. The maximum atomic E-state index is 14.6. The van der Waals surface area contributed by atoms with Gasteiger partial charge in [0.05, 0.1) is 36.7 Å². The molecular weight excluding hydrogens is 618 g/mol. The quantitative estimate of drug-likeness (QED) is 0.367. The van der Waals surface area contributed by atoms with Gasteiger partial charge in [-0.2, -0.15) is 4.31 Å². The summed E-state index contributed by atoms with van der Waals surface area (Å²) in [5.41, 5.74) is -1.53. The van der Waals surface area contributed by atoms with E-state index < -0.39 is 48.7 Å². The van der Waals surface area contributed by atoms with Gasteiger partial charge >= 0.3 is 0 Å². The lowest BCUT2D eigenvalue weighted by atomic mass is 9.87. The summed E-state index contributed by atoms with van der Waals surface area (Å²) in [6.07, 6.45) is 1.42. The van der Waals surface area contributed by atoms with Crippen LogP contribution in [0.2, 0.25) is 5.02 Å². The van der Waals surface area contributed by atoms with E-state index in [9.17, 15) is 26.7 Å². The number of carbonyl (C=O) groups excluding carboxylic acids is 1. The molecule has 12 nitrogen and oxygen atoms in total. The van der Waals surface area contributed by atoms with Crippen molar-refractivity contribution in [3.05, 3.63) is 59.6 Å². The van der Waals surface area contributed by atoms with Crippen molar-refractivity contribution < 1.29 is 31.5 Å². The largest absolute Gasteiger partial charge is 0.395 e. The Morgan fingerprint density at radius 2 is 1.72 bits per heavy atom. The third-order valence-electron chi connectivity index (χ3n) is 8.88. The molecule has 1 spiro atoms. The number of fused-ring (bicyclic) bond motifs is 2. The third-order valence-corrected chi connectivity index (χ3v) is 12.7. The molecule has 2 aromatic carbocycles. The Labute approximate surface area is 255 Å². The Bertz CT molecular complexity index is 1760. The average molecular weight is 652 g/mol. The number of methoxy groups -OCH3 is 1. The number of rotatable bonds is 8. The number of halogens is 1. The minimum Gasteiger partial charge on any atom is -0.395 e. The Morgan fingerprint density at radius 3 is 2.40 bits per heavy atom. The molecule has 0 saturated carbocycles. The number of nitrogens with zero attached hydrogens (tertiary/aromatic N) is 4. The normalized spacial score (nSPS) is 23.3. The maximum Gasteiger partial charge on any atom is 0.269 e. The van der Waals surface area contributed by atoms with Crippen molar-refractivity contribution in [3.8, 4) is 0 Å². The molecule has 0 radical (unpaired) electrons. The Kier molecular flexibility index (Phi) is 7.87. The molecule has 1 unspecified atom stereocenters. The van der Waals surface area contributed by atoms with Gasteiger partial charge in [-0.1, -0.05) is 29.8 Å². The maximum absolute atomic E-state index is 14.6. The molecule has 2 N–H and O–H groups in total. The molecule has 3 saturated heterocycles. The number of aliphatic hydroxyl groups is 1. The molecule has 3 fully saturated rings. The summed E-state index contributed by atoms with van der Waals surface area (Å²) >= 11 is 6.21. The summed E-state index contributed by atoms with van der Waals surface area (Å²) in [4.78, 5) is 17.5. The highest BCUT2D eigenvalue weighted by molar-refractivity contribution is 7.92. The summed E-state index contributed by atoms with van der Waals surface area (Å²) in [5.74, 6) is -0.415. The number of piperidine rings is 1. The van der Waals surface area contributed by atoms with E-state index in [0.717, 1.165) is 21.4 Å². The molecular formula is C28H34ClN5O7S2. The first-order valence-corrected chi connectivity index (χ1v) is 17.3. The number of piperazine rings is 1. The lowest BCUT2D eigenvalue weighted by Gasteiger charge is -2.51. The Balaban J connectivity index is 1.50. The first-order chi connectivity index (χ1) is 20.5. The number of hydrogen-bond acceptors (Lipinski definition) is 9. The van der Waals surface area contributed by atoms with Crippen molar-refractivity contribution in [3.63, 3.8) is 0 Å². The van der Waals surface area contributed by atoms with Crippen LogP contribution in [0.15, 0.2) is 64.5 Å². The number of amides is 1. The number of nitrogens with one attached hydrogen (secondary N) is 1. The Morgan fingerprint density at radius 1 is 1.00 bits per heavy atom. The van der Waals surface area contributed by atoms with Crippen LogP contribution >= 0.6 is 11.6 Å². The highest BCUT2D eigenvalue weighted by Gasteiger charge is 2.64. The van der Waals surface area contributed by atoms with E-state index in [1.807, 2.05) is 4.90 Å². The molecule has 4 heterocycles. The molecule has 15 heteroatoms. The number of carbonyl (C=O) groups is 1. The highest BCUT2D eigenvalue weighted by Crippen LogP contribution is 2.46. The van der Waals surface area contributed by atoms with Crippen molar-refractivity contribution in [1.82, 2.24) is 23.4 Å². The van der Waals surface area contributed by atoms with E-state index in [4.69, 9.17) is 16.3 Å². The molecule has 0 bridgehead atoms. The second-order valence-electron chi connectivity index (χ2n) is 11.3. The van der Waals surface area contributed by atoms with Gasteiger partial charge < -0.3 is 20.1 Å². The minimum atomic E-state index is -4.60. The topological polar surface area (TPSA) is 141 Å². The van der Waals surface area contributed by atoms with Crippen LogP contribution in [-0.4, -0.2) is 117 Å². The fourth-order valence-electron chi connectivity index (χ4n) is 7.04. The van der Waals surface area contributed by atoms with E-state index in [1.54, 1.807) is 23.1 Å². The molecule has 1 aromatic heterocycles. The smallest absolute Gasteiger partial charge is 0.269 e. The van der Waals surface area contributed by atoms with Crippen molar-refractivity contribution in [2.45, 2.75) is 34.0 Å². The van der Waals surface area contributed by atoms with Crippen LogP contribution in [0, 0.1) is 0 Å². The van der Waals surface area contributed by atoms with Gasteiger partial charge in [-0.25, -0.2) is 20.8 Å². The molecule has 43 heavy (non-hydrogen) atoms. The number of aromatic nitrogens is 1. The number of benzene rings is 2. The van der Waals surface area contributed by atoms with Crippen LogP contribution in [0.4, 0.5) is 0 Å². The summed E-state index contributed by atoms with van der Waals surface area (Å²) in [5, 5.41) is 13.6. The molecule has 3 aromatic rings. The second kappa shape index (κ2) is 11.1. The zero-order valence-corrected chi connectivity index (χ0v) is 26.0. The number of β-amino-alcohol motifs (C(OH)–C–C–N with tert-alkyl or cyclic N) is 1. The second-order valence-corrected chi connectivity index (χ2v) is 15.4. The van der Waals surface area contributed by atoms with Crippen molar-refractivity contribution in [1.29, 1.82) is 0 Å². The van der Waals surface area contributed by atoms with Gasteiger partial charge in [0.2, 0.25) is 5.91 Å². The monoisotopic (exact) mass is 651 g/mol. The van der Waals surface area contributed by atoms with E-state index in [-0.39, 0.29) is 36.7 Å². The molecule has 1 atom stereocenters. The van der Waals surface area contributed by atoms with Crippen LogP contribution in [-0.2, 0) is 29.6 Å². The van der Waals surface area contributed by atoms with Gasteiger partial charge in [0.25, 0.3) is 20.0 Å². The zero-order valence-electron chi connectivity index (χ0n) is 23.6. The van der Waals surface area contributed by atoms with Gasteiger partial charge in [-0.15, -0.1) is 0 Å². The summed E-state index contributed by atoms with van der Waals surface area (Å²) in [6, 6.07) is 13.3. The van der Waals surface area contributed by atoms with Gasteiger partial charge in [0, 0.05) is 36.1 Å². The lowest BCUT2D eigenvalue weighted by molar-refractivity contribution is -0.155. The van der Waals surface area contributed by atoms with Crippen LogP contribution in [0.25, 0.3) is 10.9 Å². The molecule has 3 aliphatic rings. The number of ether oxygens (including phenoxy) is 1. The van der Waals surface area contributed by atoms with Crippen molar-refractivity contribution >= 4 is 48.5 Å². The fourth-order valence-corrected chi connectivity index (χ4v) is 10.7. The van der Waals surface area contributed by atoms with E-state index in [1.165, 1.54) is 43.5 Å². The van der Waals surface area contributed by atoms with E-state index in [0.29, 0.717) is 29.8 Å². The van der Waals surface area contributed by atoms with Crippen LogP contribution in [0.1, 0.15) is 12.8 Å². The van der Waals surface area contributed by atoms with Gasteiger partial charge in [0.1, 0.15) is 5.66 Å². The zero-order chi connectivity index (χ0) is 30.6. The summed E-state index contributed by atoms with van der Waals surface area (Å²) in [6.45, 7) is 1.19.